The summed E-state index contributed by atoms with van der Waals surface area (Å²) in [7, 11) is 0. The minimum atomic E-state index is 0.740. The first-order valence-electron chi connectivity index (χ1n) is 9.68. The van der Waals surface area contributed by atoms with Crippen molar-refractivity contribution in [1.82, 2.24) is 9.97 Å². The number of anilines is 1. The molecule has 1 N–H and O–H groups in total. The van der Waals surface area contributed by atoms with E-state index in [4.69, 9.17) is 0 Å². The van der Waals surface area contributed by atoms with Crippen molar-refractivity contribution in [3.63, 3.8) is 0 Å². The number of hydrogen-bond acceptors (Lipinski definition) is 3. The molecule has 0 saturated carbocycles. The van der Waals surface area contributed by atoms with Crippen molar-refractivity contribution in [2.24, 2.45) is 0 Å². The van der Waals surface area contributed by atoms with Crippen molar-refractivity contribution in [1.29, 1.82) is 0 Å². The lowest BCUT2D eigenvalue weighted by Crippen LogP contribution is -2.01. The summed E-state index contributed by atoms with van der Waals surface area (Å²) in [6.07, 6.45) is 5.70. The maximum atomic E-state index is 10.7. The molecule has 0 aliphatic heterocycles. The topological polar surface area (TPSA) is 54.9 Å². The average molecular weight is 374 g/mol. The van der Waals surface area contributed by atoms with Gasteiger partial charge in [-0.05, 0) is 80.8 Å². The molecular formula is C24H27N3O. The zero-order valence-electron chi connectivity index (χ0n) is 17.0. The first kappa shape index (κ1) is 19.7. The Morgan fingerprint density at radius 1 is 0.893 bits per heavy atom. The van der Waals surface area contributed by atoms with E-state index in [2.05, 4.69) is 52.5 Å². The van der Waals surface area contributed by atoms with Crippen LogP contribution in [-0.2, 0) is 17.6 Å². The maximum absolute atomic E-state index is 10.7. The van der Waals surface area contributed by atoms with E-state index in [1.807, 2.05) is 33.0 Å². The van der Waals surface area contributed by atoms with E-state index in [-0.39, 0.29) is 0 Å². The van der Waals surface area contributed by atoms with Crippen LogP contribution in [0.15, 0.2) is 42.6 Å². The molecule has 0 spiro atoms. The second-order valence-electron chi connectivity index (χ2n) is 7.36. The number of nitrogens with zero attached hydrogens (tertiary/aromatic N) is 2. The van der Waals surface area contributed by atoms with Crippen LogP contribution in [0.1, 0.15) is 40.1 Å². The summed E-state index contributed by atoms with van der Waals surface area (Å²) in [5, 5.41) is 2.79. The predicted octanol–water partition coefficient (Wildman–Crippen LogP) is 5.12. The molecule has 4 nitrogen and oxygen atoms in total. The molecule has 0 aliphatic carbocycles. The lowest BCUT2D eigenvalue weighted by molar-refractivity contribution is -0.105. The molecule has 3 aromatic rings. The summed E-state index contributed by atoms with van der Waals surface area (Å²) in [4.78, 5) is 19.4. The molecule has 0 fully saturated rings. The minimum absolute atomic E-state index is 0.740. The summed E-state index contributed by atoms with van der Waals surface area (Å²) in [5.74, 6) is 0.793. The number of nitrogens with one attached hydrogen (secondary N) is 1. The van der Waals surface area contributed by atoms with Crippen molar-refractivity contribution in [3.8, 4) is 11.3 Å². The number of hydrogen-bond donors (Lipinski definition) is 1. The van der Waals surface area contributed by atoms with Crippen molar-refractivity contribution in [3.05, 3.63) is 76.2 Å². The highest BCUT2D eigenvalue weighted by Gasteiger charge is 2.07. The SMILES string of the molecule is Cc1nccc(-c2ccc(CCCc3cc(C)c(NC=O)c(C)c3)cc2C)n1. The predicted molar refractivity (Wildman–Crippen MR) is 115 cm³/mol. The molecule has 4 heteroatoms. The monoisotopic (exact) mass is 373 g/mol. The van der Waals surface area contributed by atoms with Gasteiger partial charge in [0.15, 0.2) is 0 Å². The first-order chi connectivity index (χ1) is 13.5. The van der Waals surface area contributed by atoms with Gasteiger partial charge in [0, 0.05) is 17.4 Å². The zero-order valence-corrected chi connectivity index (χ0v) is 17.0. The van der Waals surface area contributed by atoms with Gasteiger partial charge in [-0.3, -0.25) is 4.79 Å². The van der Waals surface area contributed by atoms with Gasteiger partial charge in [0.2, 0.25) is 6.41 Å². The molecule has 0 bridgehead atoms. The van der Waals surface area contributed by atoms with Gasteiger partial charge in [0.1, 0.15) is 5.82 Å². The Labute approximate surface area is 167 Å². The molecule has 0 atom stereocenters. The second-order valence-corrected chi connectivity index (χ2v) is 7.36. The largest absolute Gasteiger partial charge is 0.328 e. The number of aromatic nitrogens is 2. The lowest BCUT2D eigenvalue weighted by Gasteiger charge is -2.12. The molecule has 0 unspecified atom stereocenters. The second kappa shape index (κ2) is 8.79. The van der Waals surface area contributed by atoms with Crippen LogP contribution in [0.2, 0.25) is 0 Å². The van der Waals surface area contributed by atoms with Crippen LogP contribution in [0.4, 0.5) is 5.69 Å². The van der Waals surface area contributed by atoms with Gasteiger partial charge in [-0.25, -0.2) is 9.97 Å². The smallest absolute Gasteiger partial charge is 0.211 e. The zero-order chi connectivity index (χ0) is 20.1. The van der Waals surface area contributed by atoms with Crippen molar-refractivity contribution in [2.75, 3.05) is 5.32 Å². The molecule has 1 amide bonds. The average Bonchev–Trinajstić information content (AvgIpc) is 2.65. The summed E-state index contributed by atoms with van der Waals surface area (Å²) < 4.78 is 0. The molecule has 144 valence electrons. The van der Waals surface area contributed by atoms with Crippen LogP contribution in [0.3, 0.4) is 0 Å². The molecule has 2 aromatic carbocycles. The fourth-order valence-electron chi connectivity index (χ4n) is 3.76. The van der Waals surface area contributed by atoms with E-state index in [0.29, 0.717) is 0 Å². The van der Waals surface area contributed by atoms with Crippen LogP contribution < -0.4 is 5.32 Å². The Morgan fingerprint density at radius 2 is 1.57 bits per heavy atom. The third-order valence-electron chi connectivity index (χ3n) is 5.07. The van der Waals surface area contributed by atoms with Crippen molar-refractivity contribution < 1.29 is 4.79 Å². The number of carbonyl (C=O) groups is 1. The van der Waals surface area contributed by atoms with Crippen LogP contribution in [0.5, 0.6) is 0 Å². The third kappa shape index (κ3) is 4.63. The highest BCUT2D eigenvalue weighted by molar-refractivity contribution is 5.75. The van der Waals surface area contributed by atoms with E-state index in [9.17, 15) is 4.79 Å². The van der Waals surface area contributed by atoms with E-state index >= 15 is 0 Å². The first-order valence-corrected chi connectivity index (χ1v) is 9.68. The molecule has 3 rings (SSSR count). The highest BCUT2D eigenvalue weighted by atomic mass is 16.1. The summed E-state index contributed by atoms with van der Waals surface area (Å²) in [6.45, 7) is 8.14. The third-order valence-corrected chi connectivity index (χ3v) is 5.07. The van der Waals surface area contributed by atoms with Crippen LogP contribution in [-0.4, -0.2) is 16.4 Å². The quantitative estimate of drug-likeness (QED) is 0.585. The van der Waals surface area contributed by atoms with Crippen LogP contribution in [0, 0.1) is 27.7 Å². The highest BCUT2D eigenvalue weighted by Crippen LogP contribution is 2.25. The number of aryl methyl sites for hydroxylation is 6. The Kier molecular flexibility index (Phi) is 6.19. The molecule has 1 aromatic heterocycles. The Bertz CT molecular complexity index is 972. The fourth-order valence-corrected chi connectivity index (χ4v) is 3.76. The standard InChI is InChI=1S/C24H27N3O/c1-16-12-20(8-9-22(16)23-10-11-25-19(4)27-23)6-5-7-21-13-17(2)24(26-15-28)18(3)14-21/h8-15H,5-7H2,1-4H3,(H,26,28). The Balaban J connectivity index is 1.65. The number of carbonyl (C=O) groups excluding carboxylic acids is 1. The maximum Gasteiger partial charge on any atom is 0.211 e. The van der Waals surface area contributed by atoms with Gasteiger partial charge >= 0.3 is 0 Å². The van der Waals surface area contributed by atoms with Crippen molar-refractivity contribution in [2.45, 2.75) is 47.0 Å². The van der Waals surface area contributed by atoms with Crippen molar-refractivity contribution >= 4 is 12.1 Å². The lowest BCUT2D eigenvalue weighted by atomic mass is 9.97. The van der Waals surface area contributed by atoms with Gasteiger partial charge in [-0.1, -0.05) is 30.3 Å². The normalized spacial score (nSPS) is 10.7. The molecule has 0 radical (unpaired) electrons. The van der Waals surface area contributed by atoms with Crippen LogP contribution >= 0.6 is 0 Å². The van der Waals surface area contributed by atoms with Gasteiger partial charge in [0.05, 0.1) is 5.69 Å². The van der Waals surface area contributed by atoms with E-state index < -0.39 is 0 Å². The van der Waals surface area contributed by atoms with Gasteiger partial charge in [-0.2, -0.15) is 0 Å². The fraction of sp³-hybridized carbons (Fsp3) is 0.292. The van der Waals surface area contributed by atoms with Gasteiger partial charge in [0.25, 0.3) is 0 Å². The van der Waals surface area contributed by atoms with E-state index in [1.54, 1.807) is 0 Å². The summed E-state index contributed by atoms with van der Waals surface area (Å²) in [5.41, 5.74) is 9.20. The van der Waals surface area contributed by atoms with E-state index in [1.165, 1.54) is 22.3 Å². The summed E-state index contributed by atoms with van der Waals surface area (Å²) >= 11 is 0. The molecule has 0 saturated heterocycles. The van der Waals surface area contributed by atoms with E-state index in [0.717, 1.165) is 54.0 Å². The number of amides is 1. The molecule has 1 heterocycles. The Hall–Kier alpha value is -3.01. The molecular weight excluding hydrogens is 346 g/mol. The van der Waals surface area contributed by atoms with Gasteiger partial charge < -0.3 is 5.32 Å². The number of rotatable bonds is 7. The summed E-state index contributed by atoms with van der Waals surface area (Å²) in [6, 6.07) is 12.9. The van der Waals surface area contributed by atoms with Crippen LogP contribution in [0.25, 0.3) is 11.3 Å². The Morgan fingerprint density at radius 3 is 2.21 bits per heavy atom. The molecule has 28 heavy (non-hydrogen) atoms. The van der Waals surface area contributed by atoms with Gasteiger partial charge in [-0.15, -0.1) is 0 Å². The molecule has 0 aliphatic rings. The minimum Gasteiger partial charge on any atom is -0.328 e. The number of benzene rings is 2.